The molecule has 0 spiro atoms. The van der Waals surface area contributed by atoms with Crippen molar-refractivity contribution in [2.45, 2.75) is 13.1 Å². The Bertz CT molecular complexity index is 801. The second-order valence-electron chi connectivity index (χ2n) is 4.75. The number of nitrogens with zero attached hydrogens (tertiary/aromatic N) is 1. The van der Waals surface area contributed by atoms with Crippen LogP contribution in [0.1, 0.15) is 11.1 Å². The number of alkyl halides is 3. The number of nitro groups is 1. The molecule has 0 aliphatic carbocycles. The van der Waals surface area contributed by atoms with Gasteiger partial charge in [-0.25, -0.2) is 4.39 Å². The number of rotatable bonds is 3. The van der Waals surface area contributed by atoms with Crippen LogP contribution in [0.15, 0.2) is 24.3 Å². The molecule has 5 nitrogen and oxygen atoms in total. The van der Waals surface area contributed by atoms with Gasteiger partial charge in [0.1, 0.15) is 0 Å². The third-order valence-electron chi connectivity index (χ3n) is 3.18. The van der Waals surface area contributed by atoms with Crippen molar-refractivity contribution < 1.29 is 27.2 Å². The van der Waals surface area contributed by atoms with Crippen LogP contribution in [0.4, 0.5) is 28.9 Å². The maximum Gasteiger partial charge on any atom is 0.416 e. The number of anilines is 1. The second-order valence-corrected chi connectivity index (χ2v) is 5.15. The van der Waals surface area contributed by atoms with E-state index in [9.17, 15) is 27.7 Å². The highest BCUT2D eigenvalue weighted by Crippen LogP contribution is 2.41. The minimum absolute atomic E-state index is 0.0703. The summed E-state index contributed by atoms with van der Waals surface area (Å²) in [6.45, 7) is 1.35. The van der Waals surface area contributed by atoms with Crippen LogP contribution in [0.5, 0.6) is 11.5 Å². The molecule has 0 saturated heterocycles. The molecule has 0 atom stereocenters. The number of hydrogen-bond donors (Lipinski definition) is 1. The van der Waals surface area contributed by atoms with E-state index >= 15 is 0 Å². The van der Waals surface area contributed by atoms with E-state index in [1.165, 1.54) is 6.92 Å². The minimum atomic E-state index is -4.77. The lowest BCUT2D eigenvalue weighted by molar-refractivity contribution is -0.385. The minimum Gasteiger partial charge on any atom is -0.451 e. The summed E-state index contributed by atoms with van der Waals surface area (Å²) < 4.78 is 56.8. The zero-order chi connectivity index (χ0) is 18.2. The van der Waals surface area contributed by atoms with Crippen LogP contribution >= 0.6 is 11.6 Å². The molecule has 0 heterocycles. The molecule has 0 bridgehead atoms. The molecule has 10 heteroatoms. The maximum atomic E-state index is 13.9. The number of hydrogen-bond acceptors (Lipinski definition) is 4. The van der Waals surface area contributed by atoms with Gasteiger partial charge in [0.25, 0.3) is 5.69 Å². The van der Waals surface area contributed by atoms with Crippen molar-refractivity contribution in [1.29, 1.82) is 0 Å². The van der Waals surface area contributed by atoms with Gasteiger partial charge < -0.3 is 10.5 Å². The van der Waals surface area contributed by atoms with Gasteiger partial charge in [0, 0.05) is 6.07 Å². The topological polar surface area (TPSA) is 78.4 Å². The smallest absolute Gasteiger partial charge is 0.416 e. The van der Waals surface area contributed by atoms with E-state index in [0.29, 0.717) is 6.07 Å². The number of nitrogens with two attached hydrogens (primary N) is 1. The van der Waals surface area contributed by atoms with E-state index in [1.807, 2.05) is 0 Å². The van der Waals surface area contributed by atoms with Crippen LogP contribution in [-0.2, 0) is 6.18 Å². The highest BCUT2D eigenvalue weighted by Gasteiger charge is 2.33. The Morgan fingerprint density at radius 1 is 1.29 bits per heavy atom. The second kappa shape index (κ2) is 6.16. The summed E-state index contributed by atoms with van der Waals surface area (Å²) in [5.74, 6) is -2.17. The SMILES string of the molecule is Cc1c([N+](=O)[O-])ccc(Oc2c(F)cc(C(F)(F)F)cc2Cl)c1N. The molecule has 0 fully saturated rings. The molecule has 2 aromatic rings. The molecule has 0 radical (unpaired) electrons. The Labute approximate surface area is 137 Å². The van der Waals surface area contributed by atoms with Crippen molar-refractivity contribution in [3.05, 3.63) is 56.3 Å². The monoisotopic (exact) mass is 364 g/mol. The molecule has 2 N–H and O–H groups in total. The molecular formula is C14H9ClF4N2O3. The Balaban J connectivity index is 2.46. The third kappa shape index (κ3) is 3.35. The summed E-state index contributed by atoms with van der Waals surface area (Å²) in [7, 11) is 0. The molecule has 0 saturated carbocycles. The first-order valence-corrected chi connectivity index (χ1v) is 6.67. The van der Waals surface area contributed by atoms with Crippen LogP contribution < -0.4 is 10.5 Å². The summed E-state index contributed by atoms with van der Waals surface area (Å²) in [6.07, 6.45) is -4.77. The summed E-state index contributed by atoms with van der Waals surface area (Å²) in [4.78, 5) is 10.1. The fraction of sp³-hybridized carbons (Fsp3) is 0.143. The lowest BCUT2D eigenvalue weighted by Crippen LogP contribution is -2.06. The molecule has 0 aromatic heterocycles. The van der Waals surface area contributed by atoms with Crippen molar-refractivity contribution in [2.75, 3.05) is 5.73 Å². The van der Waals surface area contributed by atoms with E-state index < -0.39 is 33.3 Å². The van der Waals surface area contributed by atoms with Crippen molar-refractivity contribution in [2.24, 2.45) is 0 Å². The van der Waals surface area contributed by atoms with Gasteiger partial charge in [-0.05, 0) is 25.1 Å². The van der Waals surface area contributed by atoms with Gasteiger partial charge in [0.2, 0.25) is 0 Å². The number of ether oxygens (including phenoxy) is 1. The quantitative estimate of drug-likeness (QED) is 0.356. The third-order valence-corrected chi connectivity index (χ3v) is 3.46. The van der Waals surface area contributed by atoms with Crippen molar-refractivity contribution in [3.8, 4) is 11.5 Å². The molecule has 0 unspecified atom stereocenters. The highest BCUT2D eigenvalue weighted by molar-refractivity contribution is 6.32. The molecule has 0 aliphatic heterocycles. The lowest BCUT2D eigenvalue weighted by atomic mass is 10.1. The molecule has 24 heavy (non-hydrogen) atoms. The van der Waals surface area contributed by atoms with Gasteiger partial charge in [0.05, 0.1) is 26.8 Å². The summed E-state index contributed by atoms with van der Waals surface area (Å²) in [5, 5.41) is 10.2. The van der Waals surface area contributed by atoms with Crippen LogP contribution in [0.2, 0.25) is 5.02 Å². The van der Waals surface area contributed by atoms with E-state index in [2.05, 4.69) is 0 Å². The summed E-state index contributed by atoms with van der Waals surface area (Å²) >= 11 is 5.65. The van der Waals surface area contributed by atoms with Crippen LogP contribution in [0, 0.1) is 22.9 Å². The maximum absolute atomic E-state index is 13.9. The molecule has 128 valence electrons. The number of nitrogen functional groups attached to an aromatic ring is 1. The first-order valence-electron chi connectivity index (χ1n) is 6.30. The first-order chi connectivity index (χ1) is 11.0. The standard InChI is InChI=1S/C14H9ClF4N2O3/c1-6-10(21(22)23)2-3-11(12(6)20)24-13-8(15)4-7(5-9(13)16)14(17,18)19/h2-5H,20H2,1H3. The Morgan fingerprint density at radius 3 is 2.42 bits per heavy atom. The Hall–Kier alpha value is -2.55. The number of halogens is 5. The van der Waals surface area contributed by atoms with E-state index in [-0.39, 0.29) is 28.8 Å². The van der Waals surface area contributed by atoms with Gasteiger partial charge in [0.15, 0.2) is 17.3 Å². The van der Waals surface area contributed by atoms with Gasteiger partial charge in [-0.1, -0.05) is 11.6 Å². The molecule has 0 aliphatic rings. The number of nitro benzene ring substituents is 1. The predicted molar refractivity (Wildman–Crippen MR) is 78.7 cm³/mol. The van der Waals surface area contributed by atoms with Gasteiger partial charge in [-0.2, -0.15) is 13.2 Å². The average molecular weight is 365 g/mol. The summed E-state index contributed by atoms with van der Waals surface area (Å²) in [6, 6.07) is 2.93. The summed E-state index contributed by atoms with van der Waals surface area (Å²) in [5.41, 5.74) is 4.06. The van der Waals surface area contributed by atoms with E-state index in [0.717, 1.165) is 12.1 Å². The number of benzene rings is 2. The molecule has 0 amide bonds. The predicted octanol–water partition coefficient (Wildman–Crippen LogP) is 5.09. The average Bonchev–Trinajstić information content (AvgIpc) is 2.45. The fourth-order valence-electron chi connectivity index (χ4n) is 1.91. The molecule has 2 aromatic carbocycles. The first kappa shape index (κ1) is 17.8. The highest BCUT2D eigenvalue weighted by atomic mass is 35.5. The zero-order valence-corrected chi connectivity index (χ0v) is 12.7. The van der Waals surface area contributed by atoms with Gasteiger partial charge >= 0.3 is 6.18 Å². The fourth-order valence-corrected chi connectivity index (χ4v) is 2.16. The largest absolute Gasteiger partial charge is 0.451 e. The van der Waals surface area contributed by atoms with Gasteiger partial charge in [-0.3, -0.25) is 10.1 Å². The van der Waals surface area contributed by atoms with E-state index in [4.69, 9.17) is 22.1 Å². The van der Waals surface area contributed by atoms with Crippen LogP contribution in [0.25, 0.3) is 0 Å². The van der Waals surface area contributed by atoms with E-state index in [1.54, 1.807) is 0 Å². The van der Waals surface area contributed by atoms with Crippen LogP contribution in [-0.4, -0.2) is 4.92 Å². The van der Waals surface area contributed by atoms with Crippen molar-refractivity contribution in [1.82, 2.24) is 0 Å². The molecular weight excluding hydrogens is 356 g/mol. The normalized spacial score (nSPS) is 11.4. The zero-order valence-electron chi connectivity index (χ0n) is 11.9. The Kier molecular flexibility index (Phi) is 4.57. The van der Waals surface area contributed by atoms with Crippen molar-refractivity contribution in [3.63, 3.8) is 0 Å². The van der Waals surface area contributed by atoms with Crippen molar-refractivity contribution >= 4 is 23.0 Å². The molecule has 2 rings (SSSR count). The van der Waals surface area contributed by atoms with Gasteiger partial charge in [-0.15, -0.1) is 0 Å². The van der Waals surface area contributed by atoms with Crippen LogP contribution in [0.3, 0.4) is 0 Å². The Morgan fingerprint density at radius 2 is 1.92 bits per heavy atom. The lowest BCUT2D eigenvalue weighted by Gasteiger charge is -2.14.